The van der Waals surface area contributed by atoms with Crippen LogP contribution >= 0.6 is 0 Å². The van der Waals surface area contributed by atoms with E-state index in [2.05, 4.69) is 35.3 Å². The molecule has 0 radical (unpaired) electrons. The van der Waals surface area contributed by atoms with E-state index < -0.39 is 0 Å². The van der Waals surface area contributed by atoms with Gasteiger partial charge in [-0.2, -0.15) is 0 Å². The largest absolute Gasteiger partial charge is 0.489 e. The minimum Gasteiger partial charge on any atom is -0.489 e. The molecule has 3 aromatic carbocycles. The van der Waals surface area contributed by atoms with Crippen molar-refractivity contribution < 1.29 is 14.9 Å². The van der Waals surface area contributed by atoms with E-state index in [0.29, 0.717) is 23.7 Å². The van der Waals surface area contributed by atoms with Gasteiger partial charge in [-0.15, -0.1) is 0 Å². The summed E-state index contributed by atoms with van der Waals surface area (Å²) >= 11 is 0. The number of benzene rings is 3. The van der Waals surface area contributed by atoms with Crippen LogP contribution in [0.3, 0.4) is 0 Å². The first-order valence-corrected chi connectivity index (χ1v) is 8.52. The Morgan fingerprint density at radius 1 is 0.731 bits per heavy atom. The molecule has 0 atom stereocenters. The van der Waals surface area contributed by atoms with Crippen molar-refractivity contribution in [3.63, 3.8) is 0 Å². The van der Waals surface area contributed by atoms with Gasteiger partial charge < -0.3 is 14.9 Å². The lowest BCUT2D eigenvalue weighted by Gasteiger charge is -2.14. The van der Waals surface area contributed by atoms with E-state index in [1.165, 1.54) is 10.8 Å². The summed E-state index contributed by atoms with van der Waals surface area (Å²) in [5.74, 6) is 0.588. The zero-order valence-corrected chi connectivity index (χ0v) is 14.2. The molecule has 0 saturated carbocycles. The molecule has 0 amide bonds. The number of hydrogen-bond acceptors (Lipinski definition) is 4. The lowest BCUT2D eigenvalue weighted by atomic mass is 9.97. The Bertz CT molecular complexity index is 999. The molecule has 4 heteroatoms. The molecule has 0 aliphatic rings. The van der Waals surface area contributed by atoms with Crippen molar-refractivity contribution in [1.82, 2.24) is 4.98 Å². The number of ether oxygens (including phenoxy) is 1. The quantitative estimate of drug-likeness (QED) is 0.538. The van der Waals surface area contributed by atoms with Crippen LogP contribution in [0.25, 0.3) is 21.5 Å². The standard InChI is InChI=1S/C22H19NO3/c24-12-17-10-19(11-18(13-25)23-17)26-14-22-20-7-3-1-5-15(20)9-16-6-2-4-8-21(16)22/h1-11,24-25H,12-14H2. The van der Waals surface area contributed by atoms with Crippen molar-refractivity contribution >= 4 is 21.5 Å². The first-order valence-electron chi connectivity index (χ1n) is 8.52. The molecule has 4 nitrogen and oxygen atoms in total. The van der Waals surface area contributed by atoms with Crippen LogP contribution in [0.1, 0.15) is 17.0 Å². The number of hydrogen-bond donors (Lipinski definition) is 2. The van der Waals surface area contributed by atoms with Crippen LogP contribution in [0.2, 0.25) is 0 Å². The number of nitrogens with zero attached hydrogens (tertiary/aromatic N) is 1. The van der Waals surface area contributed by atoms with Crippen molar-refractivity contribution in [2.75, 3.05) is 0 Å². The highest BCUT2D eigenvalue weighted by molar-refractivity contribution is 6.02. The normalized spacial score (nSPS) is 11.2. The van der Waals surface area contributed by atoms with Crippen LogP contribution in [0.4, 0.5) is 0 Å². The van der Waals surface area contributed by atoms with Crippen molar-refractivity contribution in [3.8, 4) is 5.75 Å². The van der Waals surface area contributed by atoms with Gasteiger partial charge in [0.15, 0.2) is 0 Å². The lowest BCUT2D eigenvalue weighted by molar-refractivity contribution is 0.260. The molecule has 2 N–H and O–H groups in total. The Morgan fingerprint density at radius 3 is 1.81 bits per heavy atom. The zero-order valence-electron chi connectivity index (χ0n) is 14.2. The lowest BCUT2D eigenvalue weighted by Crippen LogP contribution is -2.02. The van der Waals surface area contributed by atoms with Crippen LogP contribution in [-0.2, 0) is 19.8 Å². The average molecular weight is 345 g/mol. The van der Waals surface area contributed by atoms with Crippen molar-refractivity contribution in [2.24, 2.45) is 0 Å². The summed E-state index contributed by atoms with van der Waals surface area (Å²) in [4.78, 5) is 4.15. The number of aliphatic hydroxyl groups excluding tert-OH is 2. The van der Waals surface area contributed by atoms with E-state index in [9.17, 15) is 10.2 Å². The van der Waals surface area contributed by atoms with E-state index in [1.54, 1.807) is 12.1 Å². The predicted molar refractivity (Wildman–Crippen MR) is 102 cm³/mol. The van der Waals surface area contributed by atoms with Gasteiger partial charge in [0.2, 0.25) is 0 Å². The summed E-state index contributed by atoms with van der Waals surface area (Å²) in [6.07, 6.45) is 0. The Kier molecular flexibility index (Phi) is 4.52. The van der Waals surface area contributed by atoms with E-state index in [1.807, 2.05) is 24.3 Å². The van der Waals surface area contributed by atoms with Crippen LogP contribution in [-0.4, -0.2) is 15.2 Å². The van der Waals surface area contributed by atoms with Gasteiger partial charge in [-0.1, -0.05) is 48.5 Å². The molecule has 26 heavy (non-hydrogen) atoms. The molecule has 0 aliphatic heterocycles. The molecule has 0 spiro atoms. The summed E-state index contributed by atoms with van der Waals surface area (Å²) in [6, 6.07) is 22.1. The second kappa shape index (κ2) is 7.12. The van der Waals surface area contributed by atoms with Gasteiger partial charge in [0, 0.05) is 17.7 Å². The molecule has 4 aromatic rings. The number of aliphatic hydroxyl groups is 2. The number of pyridine rings is 1. The highest BCUT2D eigenvalue weighted by Gasteiger charge is 2.09. The molecule has 0 aliphatic carbocycles. The third-order valence-corrected chi connectivity index (χ3v) is 4.49. The van der Waals surface area contributed by atoms with Crippen molar-refractivity contribution in [3.05, 3.63) is 83.7 Å². The smallest absolute Gasteiger partial charge is 0.123 e. The van der Waals surface area contributed by atoms with Crippen molar-refractivity contribution in [2.45, 2.75) is 19.8 Å². The molecular weight excluding hydrogens is 326 g/mol. The SMILES string of the molecule is OCc1cc(OCc2c3ccccc3cc3ccccc23)cc(CO)n1. The number of fused-ring (bicyclic) bond motifs is 2. The first kappa shape index (κ1) is 16.5. The fourth-order valence-electron chi connectivity index (χ4n) is 3.28. The monoisotopic (exact) mass is 345 g/mol. The van der Waals surface area contributed by atoms with Crippen LogP contribution < -0.4 is 4.74 Å². The van der Waals surface area contributed by atoms with Crippen LogP contribution in [0.5, 0.6) is 5.75 Å². The third-order valence-electron chi connectivity index (χ3n) is 4.49. The van der Waals surface area contributed by atoms with Crippen LogP contribution in [0, 0.1) is 0 Å². The van der Waals surface area contributed by atoms with Gasteiger partial charge in [-0.25, -0.2) is 0 Å². The summed E-state index contributed by atoms with van der Waals surface area (Å²) in [6.45, 7) is 0.00438. The van der Waals surface area contributed by atoms with Crippen LogP contribution in [0.15, 0.2) is 66.7 Å². The first-order chi connectivity index (χ1) is 12.8. The predicted octanol–water partition coefficient (Wildman–Crippen LogP) is 3.95. The van der Waals surface area contributed by atoms with Gasteiger partial charge in [0.25, 0.3) is 0 Å². The second-order valence-electron chi connectivity index (χ2n) is 6.19. The Labute approximate surface area is 151 Å². The van der Waals surface area contributed by atoms with E-state index in [-0.39, 0.29) is 13.2 Å². The molecule has 0 saturated heterocycles. The van der Waals surface area contributed by atoms with Crippen molar-refractivity contribution in [1.29, 1.82) is 0 Å². The number of rotatable bonds is 5. The highest BCUT2D eigenvalue weighted by Crippen LogP contribution is 2.29. The van der Waals surface area contributed by atoms with E-state index >= 15 is 0 Å². The molecule has 1 heterocycles. The van der Waals surface area contributed by atoms with Gasteiger partial charge in [-0.3, -0.25) is 4.98 Å². The van der Waals surface area contributed by atoms with E-state index in [0.717, 1.165) is 16.3 Å². The maximum Gasteiger partial charge on any atom is 0.123 e. The Morgan fingerprint density at radius 2 is 1.27 bits per heavy atom. The van der Waals surface area contributed by atoms with E-state index in [4.69, 9.17) is 4.74 Å². The highest BCUT2D eigenvalue weighted by atomic mass is 16.5. The topological polar surface area (TPSA) is 62.6 Å². The zero-order chi connectivity index (χ0) is 17.9. The van der Waals surface area contributed by atoms with Gasteiger partial charge >= 0.3 is 0 Å². The second-order valence-corrected chi connectivity index (χ2v) is 6.19. The molecule has 0 fully saturated rings. The summed E-state index contributed by atoms with van der Waals surface area (Å²) in [5, 5.41) is 23.4. The summed E-state index contributed by atoms with van der Waals surface area (Å²) < 4.78 is 6.03. The summed E-state index contributed by atoms with van der Waals surface area (Å²) in [5.41, 5.74) is 2.08. The molecule has 1 aromatic heterocycles. The summed E-state index contributed by atoms with van der Waals surface area (Å²) in [7, 11) is 0. The molecule has 4 rings (SSSR count). The van der Waals surface area contributed by atoms with Gasteiger partial charge in [0.05, 0.1) is 24.6 Å². The minimum atomic E-state index is -0.193. The minimum absolute atomic E-state index is 0.193. The fourth-order valence-corrected chi connectivity index (χ4v) is 3.28. The number of aromatic nitrogens is 1. The Hall–Kier alpha value is -2.95. The fraction of sp³-hybridized carbons (Fsp3) is 0.136. The molecular formula is C22H19NO3. The molecule has 130 valence electrons. The van der Waals surface area contributed by atoms with Gasteiger partial charge in [-0.05, 0) is 27.6 Å². The average Bonchev–Trinajstić information content (AvgIpc) is 2.70. The van der Waals surface area contributed by atoms with Gasteiger partial charge in [0.1, 0.15) is 12.4 Å². The molecule has 0 unspecified atom stereocenters. The Balaban J connectivity index is 1.77. The maximum atomic E-state index is 9.35. The maximum absolute atomic E-state index is 9.35. The molecule has 0 bridgehead atoms. The third kappa shape index (κ3) is 3.12.